The second-order valence-electron chi connectivity index (χ2n) is 3.40. The first-order chi connectivity index (χ1) is 6.66. The highest BCUT2D eigenvalue weighted by Gasteiger charge is 2.36. The largest absolute Gasteiger partial charge is 0.456 e. The highest BCUT2D eigenvalue weighted by Crippen LogP contribution is 2.30. The van der Waals surface area contributed by atoms with Gasteiger partial charge in [-0.2, -0.15) is 0 Å². The fourth-order valence-electron chi connectivity index (χ4n) is 1.44. The highest BCUT2D eigenvalue weighted by atomic mass is 16.7. The van der Waals surface area contributed by atoms with E-state index in [0.717, 1.165) is 5.76 Å². The molecule has 0 saturated carbocycles. The van der Waals surface area contributed by atoms with E-state index in [1.165, 1.54) is 0 Å². The van der Waals surface area contributed by atoms with Crippen molar-refractivity contribution in [3.8, 4) is 0 Å². The number of hydrogen-bond donors (Lipinski definition) is 0. The third-order valence-electron chi connectivity index (χ3n) is 2.16. The first-order valence-corrected chi connectivity index (χ1v) is 4.51. The van der Waals surface area contributed by atoms with Gasteiger partial charge in [0.25, 0.3) is 0 Å². The molecule has 2 rings (SSSR count). The van der Waals surface area contributed by atoms with Crippen LogP contribution in [0.1, 0.15) is 13.3 Å². The third kappa shape index (κ3) is 1.65. The van der Waals surface area contributed by atoms with Gasteiger partial charge < -0.3 is 14.2 Å². The maximum atomic E-state index is 11.2. The molecular weight excluding hydrogens is 184 g/mol. The van der Waals surface area contributed by atoms with Gasteiger partial charge >= 0.3 is 5.97 Å². The lowest BCUT2D eigenvalue weighted by Crippen LogP contribution is -2.18. The molecule has 1 saturated heterocycles. The van der Waals surface area contributed by atoms with E-state index >= 15 is 0 Å². The van der Waals surface area contributed by atoms with Gasteiger partial charge in [-0.1, -0.05) is 6.58 Å². The molecule has 0 aromatic heterocycles. The molecule has 0 bridgehead atoms. The minimum atomic E-state index is -0.518. The van der Waals surface area contributed by atoms with Gasteiger partial charge in [-0.25, -0.2) is 4.79 Å². The van der Waals surface area contributed by atoms with Gasteiger partial charge in [0.1, 0.15) is 11.9 Å². The molecule has 76 valence electrons. The molecule has 2 aliphatic rings. The molecule has 2 heterocycles. The molecule has 0 N–H and O–H groups in total. The van der Waals surface area contributed by atoms with Gasteiger partial charge in [0.2, 0.25) is 6.29 Å². The van der Waals surface area contributed by atoms with Crippen LogP contribution < -0.4 is 0 Å². The van der Waals surface area contributed by atoms with Crippen molar-refractivity contribution >= 4 is 5.97 Å². The van der Waals surface area contributed by atoms with Gasteiger partial charge in [-0.15, -0.1) is 0 Å². The van der Waals surface area contributed by atoms with Crippen LogP contribution in [0, 0.1) is 0 Å². The quantitative estimate of drug-likeness (QED) is 0.490. The molecule has 0 aliphatic carbocycles. The number of carbonyl (C=O) groups excluding carboxylic acids is 1. The Morgan fingerprint density at radius 1 is 1.71 bits per heavy atom. The van der Waals surface area contributed by atoms with E-state index in [1.807, 2.05) is 6.08 Å². The van der Waals surface area contributed by atoms with Crippen molar-refractivity contribution in [2.45, 2.75) is 25.7 Å². The summed E-state index contributed by atoms with van der Waals surface area (Å²) in [4.78, 5) is 11.2. The van der Waals surface area contributed by atoms with Crippen molar-refractivity contribution in [3.63, 3.8) is 0 Å². The minimum Gasteiger partial charge on any atom is -0.456 e. The molecule has 2 aliphatic heterocycles. The second kappa shape index (κ2) is 3.46. The van der Waals surface area contributed by atoms with E-state index in [4.69, 9.17) is 14.2 Å². The monoisotopic (exact) mass is 196 g/mol. The maximum Gasteiger partial charge on any atom is 0.336 e. The van der Waals surface area contributed by atoms with Crippen LogP contribution in [0.25, 0.3) is 0 Å². The first-order valence-electron chi connectivity index (χ1n) is 4.51. The maximum absolute atomic E-state index is 11.2. The summed E-state index contributed by atoms with van der Waals surface area (Å²) in [6.45, 7) is 5.68. The Morgan fingerprint density at radius 3 is 3.14 bits per heavy atom. The van der Waals surface area contributed by atoms with Crippen LogP contribution in [0.3, 0.4) is 0 Å². The van der Waals surface area contributed by atoms with E-state index in [-0.39, 0.29) is 6.10 Å². The van der Waals surface area contributed by atoms with Crippen molar-refractivity contribution in [2.75, 3.05) is 6.61 Å². The Bertz CT molecular complexity index is 305. The number of fused-ring (bicyclic) bond motifs is 1. The van der Waals surface area contributed by atoms with Gasteiger partial charge in [-0.3, -0.25) is 0 Å². The molecule has 1 fully saturated rings. The zero-order valence-electron chi connectivity index (χ0n) is 7.99. The summed E-state index contributed by atoms with van der Waals surface area (Å²) >= 11 is 0. The second-order valence-corrected chi connectivity index (χ2v) is 3.40. The van der Waals surface area contributed by atoms with Crippen molar-refractivity contribution in [1.29, 1.82) is 0 Å². The molecule has 0 amide bonds. The summed E-state index contributed by atoms with van der Waals surface area (Å²) in [7, 11) is 0. The predicted octanol–water partition coefficient (Wildman–Crippen LogP) is 1.13. The standard InChI is InChI=1S/C10H12O4/c1-6(2)10(11)14-9-5-8-7(13-9)3-4-12-8/h3,8-9H,1,4-5H2,2H3. The average molecular weight is 196 g/mol. The van der Waals surface area contributed by atoms with E-state index in [2.05, 4.69) is 6.58 Å². The van der Waals surface area contributed by atoms with Crippen LogP contribution in [-0.4, -0.2) is 25.0 Å². The van der Waals surface area contributed by atoms with Crippen LogP contribution in [0.4, 0.5) is 0 Å². The normalized spacial score (nSPS) is 29.1. The summed E-state index contributed by atoms with van der Waals surface area (Å²) in [5, 5.41) is 0. The minimum absolute atomic E-state index is 0.0297. The SMILES string of the molecule is C=C(C)C(=O)OC1CC2OCC=C2O1. The Morgan fingerprint density at radius 2 is 2.50 bits per heavy atom. The van der Waals surface area contributed by atoms with E-state index in [9.17, 15) is 4.79 Å². The third-order valence-corrected chi connectivity index (χ3v) is 2.16. The van der Waals surface area contributed by atoms with Gasteiger partial charge in [-0.05, 0) is 13.0 Å². The summed E-state index contributed by atoms with van der Waals surface area (Å²) in [6.07, 6.45) is 1.89. The average Bonchev–Trinajstić information content (AvgIpc) is 2.63. The van der Waals surface area contributed by atoms with Crippen molar-refractivity contribution in [3.05, 3.63) is 24.0 Å². The van der Waals surface area contributed by atoms with Gasteiger partial charge in [0.15, 0.2) is 0 Å². The molecule has 2 unspecified atom stereocenters. The lowest BCUT2D eigenvalue weighted by molar-refractivity contribution is -0.161. The zero-order valence-corrected chi connectivity index (χ0v) is 7.99. The van der Waals surface area contributed by atoms with E-state index < -0.39 is 12.3 Å². The molecule has 4 nitrogen and oxygen atoms in total. The molecule has 0 spiro atoms. The van der Waals surface area contributed by atoms with E-state index in [0.29, 0.717) is 18.6 Å². The van der Waals surface area contributed by atoms with Gasteiger partial charge in [0, 0.05) is 5.57 Å². The van der Waals surface area contributed by atoms with Crippen LogP contribution in [-0.2, 0) is 19.0 Å². The Hall–Kier alpha value is -1.29. The number of esters is 1. The Balaban J connectivity index is 1.90. The molecule has 4 heteroatoms. The molecule has 0 aromatic rings. The molecule has 0 aromatic carbocycles. The Labute approximate surface area is 82.1 Å². The van der Waals surface area contributed by atoms with Crippen LogP contribution in [0.2, 0.25) is 0 Å². The first kappa shape index (κ1) is 9.27. The summed E-state index contributed by atoms with van der Waals surface area (Å²) in [5.74, 6) is 0.361. The smallest absolute Gasteiger partial charge is 0.336 e. The fraction of sp³-hybridized carbons (Fsp3) is 0.500. The fourth-order valence-corrected chi connectivity index (χ4v) is 1.44. The lowest BCUT2D eigenvalue weighted by Gasteiger charge is -2.11. The summed E-state index contributed by atoms with van der Waals surface area (Å²) < 4.78 is 15.7. The number of hydrogen-bond acceptors (Lipinski definition) is 4. The van der Waals surface area contributed by atoms with Crippen molar-refractivity contribution in [1.82, 2.24) is 0 Å². The van der Waals surface area contributed by atoms with Crippen molar-refractivity contribution in [2.24, 2.45) is 0 Å². The number of rotatable bonds is 2. The highest BCUT2D eigenvalue weighted by molar-refractivity contribution is 5.87. The molecule has 0 radical (unpaired) electrons. The van der Waals surface area contributed by atoms with Gasteiger partial charge in [0.05, 0.1) is 13.0 Å². The number of ether oxygens (including phenoxy) is 3. The summed E-state index contributed by atoms with van der Waals surface area (Å²) in [5.41, 5.74) is 0.376. The van der Waals surface area contributed by atoms with E-state index in [1.54, 1.807) is 6.92 Å². The van der Waals surface area contributed by atoms with Crippen LogP contribution in [0.15, 0.2) is 24.0 Å². The molecule has 14 heavy (non-hydrogen) atoms. The lowest BCUT2D eigenvalue weighted by atomic mass is 10.2. The zero-order chi connectivity index (χ0) is 10.1. The predicted molar refractivity (Wildman–Crippen MR) is 48.2 cm³/mol. The van der Waals surface area contributed by atoms with Crippen molar-refractivity contribution < 1.29 is 19.0 Å². The number of carbonyl (C=O) groups is 1. The molecular formula is C10H12O4. The Kier molecular flexibility index (Phi) is 2.29. The molecule has 2 atom stereocenters. The summed E-state index contributed by atoms with van der Waals surface area (Å²) in [6, 6.07) is 0. The topological polar surface area (TPSA) is 44.8 Å². The van der Waals surface area contributed by atoms with Crippen LogP contribution >= 0.6 is 0 Å². The van der Waals surface area contributed by atoms with Crippen LogP contribution in [0.5, 0.6) is 0 Å².